The van der Waals surface area contributed by atoms with Crippen molar-refractivity contribution in [3.63, 3.8) is 0 Å². The average molecular weight is 302 g/mol. The molecule has 0 bridgehead atoms. The molecule has 0 aromatic heterocycles. The van der Waals surface area contributed by atoms with Crippen molar-refractivity contribution in [2.75, 3.05) is 25.1 Å². The summed E-state index contributed by atoms with van der Waals surface area (Å²) in [5, 5.41) is 5.26. The van der Waals surface area contributed by atoms with Gasteiger partial charge in [0.05, 0.1) is 0 Å². The summed E-state index contributed by atoms with van der Waals surface area (Å²) >= 11 is 0. The molecule has 0 spiro atoms. The Morgan fingerprint density at radius 1 is 1.38 bits per heavy atom. The highest BCUT2D eigenvalue weighted by atomic mass is 19.3. The zero-order valence-corrected chi connectivity index (χ0v) is 12.1. The van der Waals surface area contributed by atoms with E-state index in [0.29, 0.717) is 37.4 Å². The van der Waals surface area contributed by atoms with Crippen LogP contribution >= 0.6 is 0 Å². The molecule has 5 nitrogen and oxygen atoms in total. The van der Waals surface area contributed by atoms with E-state index < -0.39 is 12.6 Å². The summed E-state index contributed by atoms with van der Waals surface area (Å²) in [5.74, 6) is 0.0409. The smallest absolute Gasteiger partial charge is 0.387 e. The minimum Gasteiger partial charge on any atom is -0.434 e. The quantitative estimate of drug-likeness (QED) is 0.725. The molecule has 2 N–H and O–H groups in total. The molecular formula is C14H20F2N2O3. The molecule has 7 heteroatoms. The summed E-state index contributed by atoms with van der Waals surface area (Å²) < 4.78 is 34.0. The van der Waals surface area contributed by atoms with Crippen molar-refractivity contribution in [3.8, 4) is 5.75 Å². The van der Waals surface area contributed by atoms with E-state index in [-0.39, 0.29) is 5.75 Å². The van der Waals surface area contributed by atoms with Gasteiger partial charge in [0.2, 0.25) is 0 Å². The first-order chi connectivity index (χ1) is 10.0. The van der Waals surface area contributed by atoms with Crippen LogP contribution in [0.25, 0.3) is 0 Å². The van der Waals surface area contributed by atoms with Crippen molar-refractivity contribution in [2.24, 2.45) is 0 Å². The number of anilines is 1. The highest BCUT2D eigenvalue weighted by Crippen LogP contribution is 2.26. The third-order valence-electron chi connectivity index (χ3n) is 2.70. The molecule has 1 aromatic carbocycles. The van der Waals surface area contributed by atoms with Crippen LogP contribution in [-0.4, -0.2) is 32.4 Å². The number of carbonyl (C=O) groups is 1. The number of rotatable bonds is 8. The minimum absolute atomic E-state index is 0.0409. The fourth-order valence-electron chi connectivity index (χ4n) is 1.66. The highest BCUT2D eigenvalue weighted by molar-refractivity contribution is 5.90. The van der Waals surface area contributed by atoms with Crippen molar-refractivity contribution in [3.05, 3.63) is 23.8 Å². The Labute approximate surface area is 122 Å². The summed E-state index contributed by atoms with van der Waals surface area (Å²) in [5.41, 5.74) is 0.873. The number of amides is 2. The Balaban J connectivity index is 2.48. The lowest BCUT2D eigenvalue weighted by Crippen LogP contribution is -2.30. The summed E-state index contributed by atoms with van der Waals surface area (Å²) in [6.45, 7) is 2.29. The van der Waals surface area contributed by atoms with Gasteiger partial charge < -0.3 is 20.1 Å². The second-order valence-electron chi connectivity index (χ2n) is 4.24. The molecule has 2 amide bonds. The van der Waals surface area contributed by atoms with Crippen molar-refractivity contribution >= 4 is 11.7 Å². The second-order valence-corrected chi connectivity index (χ2v) is 4.24. The third kappa shape index (κ3) is 6.40. The lowest BCUT2D eigenvalue weighted by Gasteiger charge is -2.13. The largest absolute Gasteiger partial charge is 0.434 e. The summed E-state index contributed by atoms with van der Waals surface area (Å²) in [6.07, 6.45) is 0.703. The number of hydrogen-bond acceptors (Lipinski definition) is 3. The number of nitrogens with one attached hydrogen (secondary N) is 2. The lowest BCUT2D eigenvalue weighted by atomic mass is 10.2. The van der Waals surface area contributed by atoms with Gasteiger partial charge in [0, 0.05) is 31.0 Å². The number of alkyl halides is 2. The first-order valence-electron chi connectivity index (χ1n) is 6.71. The summed E-state index contributed by atoms with van der Waals surface area (Å²) in [6, 6.07) is 4.18. The zero-order chi connectivity index (χ0) is 15.7. The summed E-state index contributed by atoms with van der Waals surface area (Å²) in [7, 11) is 0. The zero-order valence-electron chi connectivity index (χ0n) is 12.1. The third-order valence-corrected chi connectivity index (χ3v) is 2.70. The molecule has 0 saturated carbocycles. The molecule has 0 aliphatic heterocycles. The van der Waals surface area contributed by atoms with Crippen LogP contribution in [-0.2, 0) is 4.74 Å². The predicted octanol–water partition coefficient (Wildman–Crippen LogP) is 3.14. The average Bonchev–Trinajstić information content (AvgIpc) is 2.42. The monoisotopic (exact) mass is 302 g/mol. The van der Waals surface area contributed by atoms with Crippen LogP contribution < -0.4 is 15.4 Å². The van der Waals surface area contributed by atoms with Crippen molar-refractivity contribution in [2.45, 2.75) is 26.9 Å². The van der Waals surface area contributed by atoms with Gasteiger partial charge in [0.1, 0.15) is 5.75 Å². The molecule has 0 unspecified atom stereocenters. The van der Waals surface area contributed by atoms with E-state index in [2.05, 4.69) is 15.4 Å². The van der Waals surface area contributed by atoms with Crippen LogP contribution in [0, 0.1) is 6.92 Å². The molecule has 21 heavy (non-hydrogen) atoms. The van der Waals surface area contributed by atoms with E-state index in [1.165, 1.54) is 12.1 Å². The number of benzene rings is 1. The van der Waals surface area contributed by atoms with Gasteiger partial charge in [0.25, 0.3) is 0 Å². The Bertz CT molecular complexity index is 456. The van der Waals surface area contributed by atoms with E-state index in [1.807, 2.05) is 6.92 Å². The Hall–Kier alpha value is -1.89. The molecule has 1 aromatic rings. The standard InChI is InChI=1S/C14H20F2N2O3/c1-3-20-9-5-8-17-14(19)18-11-6-4-7-12(10(11)2)21-13(15)16/h4,6-7,13H,3,5,8-9H2,1-2H3,(H2,17,18,19). The molecule has 118 valence electrons. The van der Waals surface area contributed by atoms with E-state index >= 15 is 0 Å². The number of halogens is 2. The van der Waals surface area contributed by atoms with Crippen molar-refractivity contribution in [1.82, 2.24) is 5.32 Å². The van der Waals surface area contributed by atoms with Crippen molar-refractivity contribution in [1.29, 1.82) is 0 Å². The van der Waals surface area contributed by atoms with Gasteiger partial charge in [-0.15, -0.1) is 0 Å². The molecule has 0 saturated heterocycles. The SMILES string of the molecule is CCOCCCNC(=O)Nc1cccc(OC(F)F)c1C. The van der Waals surface area contributed by atoms with Crippen LogP contribution in [0.4, 0.5) is 19.3 Å². The molecule has 0 fully saturated rings. The number of carbonyl (C=O) groups excluding carboxylic acids is 1. The number of ether oxygens (including phenoxy) is 2. The first kappa shape index (κ1) is 17.2. The van der Waals surface area contributed by atoms with Crippen LogP contribution in [0.3, 0.4) is 0 Å². The molecule has 0 aliphatic rings. The van der Waals surface area contributed by atoms with Gasteiger partial charge in [-0.1, -0.05) is 6.07 Å². The van der Waals surface area contributed by atoms with Gasteiger partial charge in [-0.2, -0.15) is 8.78 Å². The minimum atomic E-state index is -2.90. The van der Waals surface area contributed by atoms with Crippen LogP contribution in [0.5, 0.6) is 5.75 Å². The van der Waals surface area contributed by atoms with Crippen LogP contribution in [0.2, 0.25) is 0 Å². The number of hydrogen-bond donors (Lipinski definition) is 2. The lowest BCUT2D eigenvalue weighted by molar-refractivity contribution is -0.0502. The number of urea groups is 1. The molecule has 0 aliphatic carbocycles. The van der Waals surface area contributed by atoms with Crippen LogP contribution in [0.15, 0.2) is 18.2 Å². The molecule has 1 rings (SSSR count). The van der Waals surface area contributed by atoms with Gasteiger partial charge in [-0.3, -0.25) is 0 Å². The Morgan fingerprint density at radius 2 is 2.14 bits per heavy atom. The van der Waals surface area contributed by atoms with E-state index in [4.69, 9.17) is 4.74 Å². The molecule has 0 radical (unpaired) electrons. The van der Waals surface area contributed by atoms with Gasteiger partial charge >= 0.3 is 12.6 Å². The summed E-state index contributed by atoms with van der Waals surface area (Å²) in [4.78, 5) is 11.7. The Kier molecular flexibility index (Phi) is 7.45. The molecule has 0 atom stereocenters. The maximum absolute atomic E-state index is 12.2. The van der Waals surface area contributed by atoms with Gasteiger partial charge in [0.15, 0.2) is 0 Å². The van der Waals surface area contributed by atoms with Gasteiger partial charge in [-0.25, -0.2) is 4.79 Å². The normalized spacial score (nSPS) is 10.5. The second kappa shape index (κ2) is 9.12. The molecule has 0 heterocycles. The first-order valence-corrected chi connectivity index (χ1v) is 6.71. The van der Waals surface area contributed by atoms with E-state index in [0.717, 1.165) is 0 Å². The fourth-order valence-corrected chi connectivity index (χ4v) is 1.66. The maximum Gasteiger partial charge on any atom is 0.387 e. The predicted molar refractivity (Wildman–Crippen MR) is 75.9 cm³/mol. The van der Waals surface area contributed by atoms with Gasteiger partial charge in [-0.05, 0) is 32.4 Å². The maximum atomic E-state index is 12.2. The Morgan fingerprint density at radius 3 is 2.81 bits per heavy atom. The topological polar surface area (TPSA) is 59.6 Å². The van der Waals surface area contributed by atoms with Crippen molar-refractivity contribution < 1.29 is 23.0 Å². The fraction of sp³-hybridized carbons (Fsp3) is 0.500. The van der Waals surface area contributed by atoms with E-state index in [9.17, 15) is 13.6 Å². The highest BCUT2D eigenvalue weighted by Gasteiger charge is 2.11. The van der Waals surface area contributed by atoms with E-state index in [1.54, 1.807) is 13.0 Å². The molecular weight excluding hydrogens is 282 g/mol. The van der Waals surface area contributed by atoms with Crippen LogP contribution in [0.1, 0.15) is 18.9 Å².